The van der Waals surface area contributed by atoms with Crippen LogP contribution in [0.2, 0.25) is 0 Å². The summed E-state index contributed by atoms with van der Waals surface area (Å²) in [5.74, 6) is -1.05. The van der Waals surface area contributed by atoms with Crippen LogP contribution in [0.25, 0.3) is 11.8 Å². The summed E-state index contributed by atoms with van der Waals surface area (Å²) in [6.07, 6.45) is 3.13. The number of ether oxygens (including phenoxy) is 1. The summed E-state index contributed by atoms with van der Waals surface area (Å²) in [6, 6.07) is 14.8. The van der Waals surface area contributed by atoms with Crippen LogP contribution in [0.3, 0.4) is 0 Å². The first-order valence-corrected chi connectivity index (χ1v) is 10.8. The Hall–Kier alpha value is -3.92. The molecule has 1 fully saturated rings. The Morgan fingerprint density at radius 1 is 1.15 bits per heavy atom. The second kappa shape index (κ2) is 9.70. The van der Waals surface area contributed by atoms with E-state index in [2.05, 4.69) is 10.4 Å². The van der Waals surface area contributed by atoms with Gasteiger partial charge in [0.25, 0.3) is 17.1 Å². The smallest absolute Gasteiger partial charge is 0.293 e. The van der Waals surface area contributed by atoms with Crippen LogP contribution in [0.5, 0.6) is 5.75 Å². The topological polar surface area (TPSA) is 93.5 Å². The standard InChI is InChI=1S/C23H19FN4O4S/c1-32-18-14-28(17-5-3-2-4-6-17)26-20(18)21(29)25-11-12-27-22(30)19(33-23(27)31)13-15-7-9-16(24)10-8-15/h2-10,13-14H,11-12H2,1H3,(H,25,29)/b19-13-. The van der Waals surface area contributed by atoms with Gasteiger partial charge in [-0.05, 0) is 47.7 Å². The van der Waals surface area contributed by atoms with E-state index in [0.717, 1.165) is 22.3 Å². The van der Waals surface area contributed by atoms with Crippen LogP contribution in [0.15, 0.2) is 65.7 Å². The molecule has 3 aromatic rings. The number of rotatable bonds is 7. The highest BCUT2D eigenvalue weighted by Crippen LogP contribution is 2.32. The summed E-state index contributed by atoms with van der Waals surface area (Å²) in [4.78, 5) is 38.8. The number of thioether (sulfide) groups is 1. The molecule has 3 amide bonds. The molecule has 0 atom stereocenters. The third kappa shape index (κ3) is 4.96. The Morgan fingerprint density at radius 3 is 2.58 bits per heavy atom. The number of imide groups is 1. The molecule has 2 aromatic carbocycles. The molecule has 0 aliphatic carbocycles. The Bertz CT molecular complexity index is 1230. The van der Waals surface area contributed by atoms with Crippen molar-refractivity contribution < 1.29 is 23.5 Å². The Balaban J connectivity index is 1.39. The lowest BCUT2D eigenvalue weighted by Crippen LogP contribution is -2.37. The van der Waals surface area contributed by atoms with E-state index in [-0.39, 0.29) is 29.5 Å². The summed E-state index contributed by atoms with van der Waals surface area (Å²) in [5.41, 5.74) is 1.46. The molecule has 0 spiro atoms. The average molecular weight is 466 g/mol. The van der Waals surface area contributed by atoms with Gasteiger partial charge in [0.1, 0.15) is 5.82 Å². The van der Waals surface area contributed by atoms with E-state index < -0.39 is 17.1 Å². The lowest BCUT2D eigenvalue weighted by molar-refractivity contribution is -0.122. The zero-order chi connectivity index (χ0) is 23.4. The predicted octanol–water partition coefficient (Wildman–Crippen LogP) is 3.49. The number of hydrogen-bond acceptors (Lipinski definition) is 6. The van der Waals surface area contributed by atoms with Gasteiger partial charge in [-0.2, -0.15) is 5.10 Å². The fourth-order valence-electron chi connectivity index (χ4n) is 3.15. The lowest BCUT2D eigenvalue weighted by Gasteiger charge is -2.12. The number of benzene rings is 2. The van der Waals surface area contributed by atoms with Gasteiger partial charge in [-0.25, -0.2) is 9.07 Å². The summed E-state index contributed by atoms with van der Waals surface area (Å²) in [6.45, 7) is 0.0426. The molecule has 1 aliphatic rings. The molecule has 0 bridgehead atoms. The highest BCUT2D eigenvalue weighted by molar-refractivity contribution is 8.18. The van der Waals surface area contributed by atoms with E-state index in [0.29, 0.717) is 11.3 Å². The third-order valence-corrected chi connectivity index (χ3v) is 5.71. The maximum absolute atomic E-state index is 13.1. The summed E-state index contributed by atoms with van der Waals surface area (Å²) in [7, 11) is 1.44. The van der Waals surface area contributed by atoms with Gasteiger partial charge >= 0.3 is 0 Å². The van der Waals surface area contributed by atoms with Crippen molar-refractivity contribution >= 4 is 34.9 Å². The van der Waals surface area contributed by atoms with Crippen molar-refractivity contribution in [1.29, 1.82) is 0 Å². The quantitative estimate of drug-likeness (QED) is 0.536. The van der Waals surface area contributed by atoms with E-state index in [4.69, 9.17) is 4.74 Å². The number of para-hydroxylation sites is 1. The van der Waals surface area contributed by atoms with Gasteiger partial charge in [0, 0.05) is 13.1 Å². The fourth-order valence-corrected chi connectivity index (χ4v) is 4.01. The van der Waals surface area contributed by atoms with Gasteiger partial charge in [-0.3, -0.25) is 19.3 Å². The van der Waals surface area contributed by atoms with Gasteiger partial charge in [0.2, 0.25) is 0 Å². The average Bonchev–Trinajstić information content (AvgIpc) is 3.38. The molecular weight excluding hydrogens is 447 g/mol. The number of nitrogens with one attached hydrogen (secondary N) is 1. The molecular formula is C23H19FN4O4S. The molecule has 1 aromatic heterocycles. The number of carbonyl (C=O) groups is 3. The van der Waals surface area contributed by atoms with Crippen molar-refractivity contribution in [3.8, 4) is 11.4 Å². The molecule has 0 radical (unpaired) electrons. The van der Waals surface area contributed by atoms with Crippen LogP contribution >= 0.6 is 11.8 Å². The zero-order valence-electron chi connectivity index (χ0n) is 17.5. The van der Waals surface area contributed by atoms with E-state index in [1.807, 2.05) is 30.3 Å². The highest BCUT2D eigenvalue weighted by Gasteiger charge is 2.34. The van der Waals surface area contributed by atoms with Gasteiger partial charge in [-0.1, -0.05) is 30.3 Å². The van der Waals surface area contributed by atoms with Crippen LogP contribution in [-0.4, -0.2) is 51.9 Å². The first-order chi connectivity index (χ1) is 16.0. The molecule has 2 heterocycles. The fraction of sp³-hybridized carbons (Fsp3) is 0.130. The van der Waals surface area contributed by atoms with Crippen LogP contribution in [0, 0.1) is 5.82 Å². The largest absolute Gasteiger partial charge is 0.493 e. The third-order valence-electron chi connectivity index (χ3n) is 4.80. The second-order valence-corrected chi connectivity index (χ2v) is 7.96. The normalized spacial score (nSPS) is 14.7. The first-order valence-electron chi connectivity index (χ1n) is 9.94. The van der Waals surface area contributed by atoms with Crippen molar-refractivity contribution in [1.82, 2.24) is 20.0 Å². The van der Waals surface area contributed by atoms with Crippen molar-refractivity contribution in [2.24, 2.45) is 0 Å². The Labute approximate surface area is 193 Å². The van der Waals surface area contributed by atoms with Crippen LogP contribution in [0.1, 0.15) is 16.1 Å². The minimum Gasteiger partial charge on any atom is -0.493 e. The minimum absolute atomic E-state index is 0.00112. The van der Waals surface area contributed by atoms with E-state index in [1.54, 1.807) is 6.20 Å². The van der Waals surface area contributed by atoms with Crippen LogP contribution in [-0.2, 0) is 4.79 Å². The van der Waals surface area contributed by atoms with E-state index in [9.17, 15) is 18.8 Å². The van der Waals surface area contributed by atoms with Crippen molar-refractivity contribution in [2.75, 3.05) is 20.2 Å². The molecule has 1 saturated heterocycles. The number of amides is 3. The molecule has 0 unspecified atom stereocenters. The van der Waals surface area contributed by atoms with Gasteiger partial charge < -0.3 is 10.1 Å². The predicted molar refractivity (Wildman–Crippen MR) is 122 cm³/mol. The molecule has 1 aliphatic heterocycles. The molecule has 0 saturated carbocycles. The van der Waals surface area contributed by atoms with Crippen molar-refractivity contribution in [3.63, 3.8) is 0 Å². The van der Waals surface area contributed by atoms with Gasteiger partial charge in [0.05, 0.1) is 23.9 Å². The number of methoxy groups -OCH3 is 1. The highest BCUT2D eigenvalue weighted by atomic mass is 32.2. The number of aromatic nitrogens is 2. The number of nitrogens with zero attached hydrogens (tertiary/aromatic N) is 3. The van der Waals surface area contributed by atoms with Gasteiger partial charge in [-0.15, -0.1) is 0 Å². The van der Waals surface area contributed by atoms with E-state index >= 15 is 0 Å². The first kappa shape index (κ1) is 22.3. The Kier molecular flexibility index (Phi) is 6.55. The van der Waals surface area contributed by atoms with Crippen molar-refractivity contribution in [3.05, 3.63) is 82.8 Å². The van der Waals surface area contributed by atoms with Crippen molar-refractivity contribution in [2.45, 2.75) is 0 Å². The van der Waals surface area contributed by atoms with Gasteiger partial charge in [0.15, 0.2) is 11.4 Å². The maximum Gasteiger partial charge on any atom is 0.293 e. The molecule has 168 valence electrons. The molecule has 1 N–H and O–H groups in total. The number of hydrogen-bond donors (Lipinski definition) is 1. The monoisotopic (exact) mass is 466 g/mol. The van der Waals surface area contributed by atoms with E-state index in [1.165, 1.54) is 42.1 Å². The minimum atomic E-state index is -0.490. The summed E-state index contributed by atoms with van der Waals surface area (Å²) >= 11 is 0.799. The molecule has 10 heteroatoms. The molecule has 4 rings (SSSR count). The lowest BCUT2D eigenvalue weighted by atomic mass is 10.2. The number of carbonyl (C=O) groups excluding carboxylic acids is 3. The Morgan fingerprint density at radius 2 is 1.88 bits per heavy atom. The van der Waals surface area contributed by atoms with Crippen LogP contribution in [0.4, 0.5) is 9.18 Å². The summed E-state index contributed by atoms with van der Waals surface area (Å²) < 4.78 is 19.9. The van der Waals surface area contributed by atoms with Crippen LogP contribution < -0.4 is 10.1 Å². The maximum atomic E-state index is 13.1. The summed E-state index contributed by atoms with van der Waals surface area (Å²) in [5, 5.41) is 6.52. The number of halogens is 1. The SMILES string of the molecule is COc1cn(-c2ccccc2)nc1C(=O)NCCN1C(=O)S/C(=C\c2ccc(F)cc2)C1=O. The molecule has 8 nitrogen and oxygen atoms in total. The second-order valence-electron chi connectivity index (χ2n) is 6.97. The zero-order valence-corrected chi connectivity index (χ0v) is 18.3. The molecule has 33 heavy (non-hydrogen) atoms.